The monoisotopic (exact) mass is 436 g/mol. The second kappa shape index (κ2) is 8.94. The molecule has 0 fully saturated rings. The zero-order valence-electron chi connectivity index (χ0n) is 16.1. The summed E-state index contributed by atoms with van der Waals surface area (Å²) in [6.45, 7) is 0.0144. The number of nitrogens with zero attached hydrogens (tertiary/aromatic N) is 3. The number of amides is 1. The number of esters is 1. The minimum absolute atomic E-state index is 0.0144. The first-order valence-electron chi connectivity index (χ1n) is 8.95. The van der Waals surface area contributed by atoms with E-state index < -0.39 is 35.3 Å². The van der Waals surface area contributed by atoms with Crippen LogP contribution < -0.4 is 5.32 Å². The van der Waals surface area contributed by atoms with Gasteiger partial charge in [0.2, 0.25) is 0 Å². The first-order chi connectivity index (χ1) is 14.7. The molecule has 0 saturated carbocycles. The first-order valence-corrected chi connectivity index (χ1v) is 8.95. The zero-order chi connectivity index (χ0) is 22.6. The van der Waals surface area contributed by atoms with E-state index in [2.05, 4.69) is 20.4 Å². The summed E-state index contributed by atoms with van der Waals surface area (Å²) in [5, 5.41) is 9.12. The van der Waals surface area contributed by atoms with E-state index in [0.717, 1.165) is 17.7 Å². The van der Waals surface area contributed by atoms with Crippen molar-refractivity contribution in [3.8, 4) is 5.69 Å². The Morgan fingerprint density at radius 1 is 1.13 bits per heavy atom. The van der Waals surface area contributed by atoms with Crippen LogP contribution in [0, 0.1) is 5.82 Å². The molecule has 1 aromatic heterocycles. The Labute approximate surface area is 173 Å². The van der Waals surface area contributed by atoms with Crippen LogP contribution in [0.4, 0.5) is 17.6 Å². The van der Waals surface area contributed by atoms with Gasteiger partial charge in [0.1, 0.15) is 5.82 Å². The van der Waals surface area contributed by atoms with Crippen LogP contribution in [0.25, 0.3) is 5.69 Å². The van der Waals surface area contributed by atoms with Crippen molar-refractivity contribution in [3.05, 3.63) is 76.9 Å². The molecule has 0 aliphatic heterocycles. The summed E-state index contributed by atoms with van der Waals surface area (Å²) in [6, 6.07) is 10.7. The van der Waals surface area contributed by atoms with Crippen molar-refractivity contribution in [3.63, 3.8) is 0 Å². The molecule has 0 aliphatic carbocycles. The highest BCUT2D eigenvalue weighted by Crippen LogP contribution is 2.32. The van der Waals surface area contributed by atoms with Crippen LogP contribution in [-0.4, -0.2) is 40.5 Å². The van der Waals surface area contributed by atoms with Crippen molar-refractivity contribution in [2.75, 3.05) is 13.7 Å². The second-order valence-corrected chi connectivity index (χ2v) is 6.37. The molecule has 0 unspecified atom stereocenters. The molecule has 7 nitrogen and oxygen atoms in total. The predicted octanol–water partition coefficient (Wildman–Crippen LogP) is 3.18. The molecule has 0 aliphatic rings. The lowest BCUT2D eigenvalue weighted by molar-refractivity contribution is -0.143. The number of methoxy groups -OCH3 is 1. The van der Waals surface area contributed by atoms with Crippen molar-refractivity contribution in [2.45, 2.75) is 12.6 Å². The molecule has 162 valence electrons. The molecule has 31 heavy (non-hydrogen) atoms. The Bertz CT molecular complexity index is 1090. The number of benzene rings is 2. The quantitative estimate of drug-likeness (QED) is 0.474. The summed E-state index contributed by atoms with van der Waals surface area (Å²) in [6.07, 6.45) is -4.65. The number of ether oxygens (including phenoxy) is 1. The molecule has 3 rings (SSSR count). The van der Waals surface area contributed by atoms with Crippen LogP contribution >= 0.6 is 0 Å². The summed E-state index contributed by atoms with van der Waals surface area (Å²) in [5.41, 5.74) is -1.45. The minimum atomic E-state index is -4.95. The number of nitrogens with one attached hydrogen (secondary N) is 1. The smallest absolute Gasteiger partial charge is 0.435 e. The van der Waals surface area contributed by atoms with Gasteiger partial charge in [-0.05, 0) is 42.3 Å². The van der Waals surface area contributed by atoms with Crippen LogP contribution in [0.15, 0.2) is 48.5 Å². The normalized spacial score (nSPS) is 11.3. The number of carbonyl (C=O) groups excluding carboxylic acids is 2. The summed E-state index contributed by atoms with van der Waals surface area (Å²) >= 11 is 0. The van der Waals surface area contributed by atoms with Crippen molar-refractivity contribution >= 4 is 11.9 Å². The van der Waals surface area contributed by atoms with Gasteiger partial charge in [0.05, 0.1) is 18.4 Å². The standard InChI is InChI=1S/C20H16F4N4O3/c1-31-19(30)13-7-5-12(6-8-13)9-10-25-18(29)16-17(20(22,23)24)28(27-26-16)15-4-2-3-14(21)11-15/h2-8,11H,9-10H2,1H3,(H,25,29). The minimum Gasteiger partial charge on any atom is -0.465 e. The van der Waals surface area contributed by atoms with Crippen LogP contribution in [0.3, 0.4) is 0 Å². The fraction of sp³-hybridized carbons (Fsp3) is 0.200. The number of halogens is 4. The lowest BCUT2D eigenvalue weighted by Crippen LogP contribution is -2.29. The number of alkyl halides is 3. The molecule has 0 bridgehead atoms. The van der Waals surface area contributed by atoms with Gasteiger partial charge in [-0.1, -0.05) is 23.4 Å². The average molecular weight is 436 g/mol. The van der Waals surface area contributed by atoms with Gasteiger partial charge in [0.15, 0.2) is 11.4 Å². The van der Waals surface area contributed by atoms with Crippen LogP contribution in [-0.2, 0) is 17.3 Å². The van der Waals surface area contributed by atoms with Gasteiger partial charge in [0, 0.05) is 6.54 Å². The third-order valence-corrected chi connectivity index (χ3v) is 4.28. The van der Waals surface area contributed by atoms with Gasteiger partial charge in [-0.25, -0.2) is 13.9 Å². The van der Waals surface area contributed by atoms with Crippen LogP contribution in [0.1, 0.15) is 32.1 Å². The van der Waals surface area contributed by atoms with E-state index in [-0.39, 0.29) is 12.2 Å². The summed E-state index contributed by atoms with van der Waals surface area (Å²) in [5.74, 6) is -2.33. The highest BCUT2D eigenvalue weighted by Gasteiger charge is 2.42. The summed E-state index contributed by atoms with van der Waals surface area (Å²) < 4.78 is 59.2. The Morgan fingerprint density at radius 3 is 2.45 bits per heavy atom. The molecule has 11 heteroatoms. The third-order valence-electron chi connectivity index (χ3n) is 4.28. The Morgan fingerprint density at radius 2 is 1.84 bits per heavy atom. The van der Waals surface area contributed by atoms with Crippen molar-refractivity contribution in [2.24, 2.45) is 0 Å². The third kappa shape index (κ3) is 5.05. The molecule has 3 aromatic rings. The molecule has 0 radical (unpaired) electrons. The van der Waals surface area contributed by atoms with E-state index in [1.165, 1.54) is 31.4 Å². The molecular weight excluding hydrogens is 420 g/mol. The SMILES string of the molecule is COC(=O)c1ccc(CCNC(=O)c2nnn(-c3cccc(F)c3)c2C(F)(F)F)cc1. The van der Waals surface area contributed by atoms with Gasteiger partial charge in [0.25, 0.3) is 5.91 Å². The maximum absolute atomic E-state index is 13.6. The molecule has 0 spiro atoms. The molecule has 2 aromatic carbocycles. The lowest BCUT2D eigenvalue weighted by Gasteiger charge is -2.11. The predicted molar refractivity (Wildman–Crippen MR) is 100 cm³/mol. The largest absolute Gasteiger partial charge is 0.465 e. The fourth-order valence-electron chi connectivity index (χ4n) is 2.81. The molecule has 1 amide bonds. The number of hydrogen-bond donors (Lipinski definition) is 1. The molecule has 1 N–H and O–H groups in total. The van der Waals surface area contributed by atoms with E-state index in [1.807, 2.05) is 0 Å². The van der Waals surface area contributed by atoms with Crippen LogP contribution in [0.5, 0.6) is 0 Å². The fourth-order valence-corrected chi connectivity index (χ4v) is 2.81. The van der Waals surface area contributed by atoms with Gasteiger partial charge in [-0.2, -0.15) is 13.2 Å². The highest BCUT2D eigenvalue weighted by molar-refractivity contribution is 5.93. The van der Waals surface area contributed by atoms with Crippen molar-refractivity contribution < 1.29 is 31.9 Å². The topological polar surface area (TPSA) is 86.1 Å². The van der Waals surface area contributed by atoms with E-state index in [9.17, 15) is 27.2 Å². The van der Waals surface area contributed by atoms with Gasteiger partial charge < -0.3 is 10.1 Å². The maximum atomic E-state index is 13.6. The number of hydrogen-bond acceptors (Lipinski definition) is 5. The Kier molecular flexibility index (Phi) is 6.33. The van der Waals surface area contributed by atoms with E-state index in [1.54, 1.807) is 12.1 Å². The van der Waals surface area contributed by atoms with E-state index >= 15 is 0 Å². The number of carbonyl (C=O) groups is 2. The molecule has 0 saturated heterocycles. The van der Waals surface area contributed by atoms with E-state index in [0.29, 0.717) is 16.7 Å². The number of aromatic nitrogens is 3. The highest BCUT2D eigenvalue weighted by atomic mass is 19.4. The van der Waals surface area contributed by atoms with Crippen LogP contribution in [0.2, 0.25) is 0 Å². The molecule has 1 heterocycles. The Hall–Kier alpha value is -3.76. The van der Waals surface area contributed by atoms with Gasteiger partial charge in [-0.15, -0.1) is 5.10 Å². The second-order valence-electron chi connectivity index (χ2n) is 6.37. The lowest BCUT2D eigenvalue weighted by atomic mass is 10.1. The zero-order valence-corrected chi connectivity index (χ0v) is 16.1. The number of rotatable bonds is 6. The summed E-state index contributed by atoms with van der Waals surface area (Å²) in [7, 11) is 1.26. The van der Waals surface area contributed by atoms with Gasteiger partial charge >= 0.3 is 12.1 Å². The molecule has 0 atom stereocenters. The maximum Gasteiger partial charge on any atom is 0.435 e. The Balaban J connectivity index is 1.74. The van der Waals surface area contributed by atoms with Crippen molar-refractivity contribution in [1.82, 2.24) is 20.3 Å². The van der Waals surface area contributed by atoms with E-state index in [4.69, 9.17) is 0 Å². The average Bonchev–Trinajstić information content (AvgIpc) is 3.20. The first kappa shape index (κ1) is 21.9. The molecular formula is C20H16F4N4O3. The van der Waals surface area contributed by atoms with Gasteiger partial charge in [-0.3, -0.25) is 4.79 Å². The summed E-state index contributed by atoms with van der Waals surface area (Å²) in [4.78, 5) is 23.7. The van der Waals surface area contributed by atoms with Crippen molar-refractivity contribution in [1.29, 1.82) is 0 Å².